The number of carbonyl (C=O) groups is 1. The molecule has 21 heavy (non-hydrogen) atoms. The Morgan fingerprint density at radius 2 is 1.67 bits per heavy atom. The zero-order valence-electron chi connectivity index (χ0n) is 12.2. The summed E-state index contributed by atoms with van der Waals surface area (Å²) in [5, 5.41) is 3.28. The number of amides is 1. The van der Waals surface area contributed by atoms with E-state index in [-0.39, 0.29) is 5.91 Å². The van der Waals surface area contributed by atoms with Crippen molar-refractivity contribution in [3.05, 3.63) is 0 Å². The van der Waals surface area contributed by atoms with Crippen molar-refractivity contribution in [1.82, 2.24) is 20.0 Å². The van der Waals surface area contributed by atoms with Gasteiger partial charge in [0.05, 0.1) is 13.1 Å². The highest BCUT2D eigenvalue weighted by Crippen LogP contribution is 2.17. The third kappa shape index (κ3) is 5.80. The first-order chi connectivity index (χ1) is 9.94. The molecule has 2 rings (SSSR count). The van der Waals surface area contributed by atoms with Crippen molar-refractivity contribution < 1.29 is 18.0 Å². The maximum absolute atomic E-state index is 12.3. The summed E-state index contributed by atoms with van der Waals surface area (Å²) < 4.78 is 36.9. The van der Waals surface area contributed by atoms with Crippen molar-refractivity contribution in [3.8, 4) is 0 Å². The number of rotatable bonds is 3. The first-order valence-corrected chi connectivity index (χ1v) is 7.44. The average molecular weight is 308 g/mol. The van der Waals surface area contributed by atoms with Gasteiger partial charge in [0.1, 0.15) is 0 Å². The van der Waals surface area contributed by atoms with Crippen LogP contribution in [0, 0.1) is 0 Å². The molecule has 0 aromatic rings. The molecule has 0 aromatic heterocycles. The highest BCUT2D eigenvalue weighted by Gasteiger charge is 2.33. The fourth-order valence-corrected chi connectivity index (χ4v) is 2.76. The molecular weight excluding hydrogens is 285 g/mol. The van der Waals surface area contributed by atoms with Crippen LogP contribution in [0.15, 0.2) is 0 Å². The molecule has 8 heteroatoms. The van der Waals surface area contributed by atoms with Crippen LogP contribution in [0.3, 0.4) is 0 Å². The van der Waals surface area contributed by atoms with Crippen molar-refractivity contribution in [3.63, 3.8) is 0 Å². The van der Waals surface area contributed by atoms with Gasteiger partial charge in [0, 0.05) is 39.3 Å². The molecule has 0 aliphatic carbocycles. The molecule has 0 spiro atoms. The summed E-state index contributed by atoms with van der Waals surface area (Å²) >= 11 is 0. The number of hydrogen-bond donors (Lipinski definition) is 1. The van der Waals surface area contributed by atoms with Crippen molar-refractivity contribution in [2.75, 3.05) is 65.4 Å². The number of piperazine rings is 1. The maximum Gasteiger partial charge on any atom is 0.401 e. The van der Waals surface area contributed by atoms with Gasteiger partial charge in [0.2, 0.25) is 5.91 Å². The van der Waals surface area contributed by atoms with Crippen LogP contribution in [-0.4, -0.2) is 92.2 Å². The van der Waals surface area contributed by atoms with Gasteiger partial charge in [-0.25, -0.2) is 0 Å². The summed E-state index contributed by atoms with van der Waals surface area (Å²) in [5.41, 5.74) is 0. The van der Waals surface area contributed by atoms with Crippen LogP contribution in [0.25, 0.3) is 0 Å². The highest BCUT2D eigenvalue weighted by atomic mass is 19.4. The van der Waals surface area contributed by atoms with Gasteiger partial charge >= 0.3 is 6.18 Å². The third-order valence-corrected chi connectivity index (χ3v) is 3.92. The molecule has 2 aliphatic rings. The lowest BCUT2D eigenvalue weighted by Crippen LogP contribution is -2.53. The second-order valence-electron chi connectivity index (χ2n) is 5.65. The van der Waals surface area contributed by atoms with Crippen LogP contribution in [0.4, 0.5) is 13.2 Å². The molecule has 0 aromatic carbocycles. The first-order valence-electron chi connectivity index (χ1n) is 7.44. The molecule has 1 N–H and O–H groups in total. The molecular formula is C13H23F3N4O. The average Bonchev–Trinajstić information content (AvgIpc) is 2.66. The maximum atomic E-state index is 12.3. The van der Waals surface area contributed by atoms with Crippen LogP contribution in [-0.2, 0) is 4.79 Å². The molecule has 0 bridgehead atoms. The van der Waals surface area contributed by atoms with E-state index in [1.807, 2.05) is 0 Å². The Labute approximate surface area is 123 Å². The lowest BCUT2D eigenvalue weighted by Gasteiger charge is -2.35. The molecule has 122 valence electrons. The summed E-state index contributed by atoms with van der Waals surface area (Å²) in [6, 6.07) is 0. The largest absolute Gasteiger partial charge is 0.401 e. The van der Waals surface area contributed by atoms with Crippen molar-refractivity contribution in [2.45, 2.75) is 12.6 Å². The van der Waals surface area contributed by atoms with Crippen LogP contribution in [0.5, 0.6) is 0 Å². The van der Waals surface area contributed by atoms with E-state index < -0.39 is 12.7 Å². The van der Waals surface area contributed by atoms with Gasteiger partial charge in [0.25, 0.3) is 0 Å². The molecule has 5 nitrogen and oxygen atoms in total. The number of hydrogen-bond acceptors (Lipinski definition) is 4. The Hall–Kier alpha value is -0.860. The predicted molar refractivity (Wildman–Crippen MR) is 73.0 cm³/mol. The number of alkyl halides is 3. The second-order valence-corrected chi connectivity index (χ2v) is 5.65. The molecule has 1 amide bonds. The number of nitrogens with one attached hydrogen (secondary N) is 1. The minimum Gasteiger partial charge on any atom is -0.339 e. The smallest absolute Gasteiger partial charge is 0.339 e. The van der Waals surface area contributed by atoms with E-state index in [0.717, 1.165) is 32.6 Å². The van der Waals surface area contributed by atoms with Crippen LogP contribution in [0.1, 0.15) is 6.42 Å². The number of nitrogens with zero attached hydrogens (tertiary/aromatic N) is 3. The molecule has 0 radical (unpaired) electrons. The van der Waals surface area contributed by atoms with E-state index in [0.29, 0.717) is 32.7 Å². The lowest BCUT2D eigenvalue weighted by atomic mass is 10.3. The Morgan fingerprint density at radius 1 is 0.952 bits per heavy atom. The highest BCUT2D eigenvalue weighted by molar-refractivity contribution is 5.78. The summed E-state index contributed by atoms with van der Waals surface area (Å²) in [6.07, 6.45) is -3.14. The first kappa shape index (κ1) is 16.5. The van der Waals surface area contributed by atoms with E-state index in [4.69, 9.17) is 0 Å². The molecule has 0 atom stereocenters. The molecule has 2 saturated heterocycles. The normalized spacial score (nSPS) is 23.1. The van der Waals surface area contributed by atoms with E-state index in [9.17, 15) is 18.0 Å². The van der Waals surface area contributed by atoms with Crippen molar-refractivity contribution in [2.24, 2.45) is 0 Å². The number of carbonyl (C=O) groups excluding carboxylic acids is 1. The van der Waals surface area contributed by atoms with Crippen LogP contribution in [0.2, 0.25) is 0 Å². The van der Waals surface area contributed by atoms with E-state index in [1.54, 1.807) is 4.90 Å². The van der Waals surface area contributed by atoms with Gasteiger partial charge in [-0.2, -0.15) is 13.2 Å². The third-order valence-electron chi connectivity index (χ3n) is 3.92. The minimum atomic E-state index is -4.16. The topological polar surface area (TPSA) is 38.8 Å². The molecule has 2 aliphatic heterocycles. The Balaban J connectivity index is 1.72. The quantitative estimate of drug-likeness (QED) is 0.796. The standard InChI is InChI=1S/C13H23F3N4O/c14-13(15,16)11-19-6-8-20(9-7-19)12(21)10-18-4-1-2-17-3-5-18/h17H,1-11H2. The summed E-state index contributed by atoms with van der Waals surface area (Å²) in [4.78, 5) is 17.4. The predicted octanol–water partition coefficient (Wildman–Crippen LogP) is -0.0118. The van der Waals surface area contributed by atoms with Gasteiger partial charge in [0.15, 0.2) is 0 Å². The minimum absolute atomic E-state index is 0.0311. The van der Waals surface area contributed by atoms with Gasteiger partial charge in [-0.05, 0) is 19.5 Å². The van der Waals surface area contributed by atoms with Crippen LogP contribution < -0.4 is 5.32 Å². The van der Waals surface area contributed by atoms with E-state index in [1.165, 1.54) is 4.90 Å². The second kappa shape index (κ2) is 7.42. The zero-order valence-corrected chi connectivity index (χ0v) is 12.2. The zero-order chi connectivity index (χ0) is 15.3. The van der Waals surface area contributed by atoms with Crippen LogP contribution >= 0.6 is 0 Å². The summed E-state index contributed by atoms with van der Waals surface area (Å²) in [6.45, 7) is 4.47. The Kier molecular flexibility index (Phi) is 5.83. The Morgan fingerprint density at radius 3 is 2.33 bits per heavy atom. The number of halogens is 3. The SMILES string of the molecule is O=C(CN1CCCNCC1)N1CCN(CC(F)(F)F)CC1. The molecule has 0 saturated carbocycles. The summed E-state index contributed by atoms with van der Waals surface area (Å²) in [7, 11) is 0. The van der Waals surface area contributed by atoms with Crippen molar-refractivity contribution >= 4 is 5.91 Å². The van der Waals surface area contributed by atoms with Gasteiger partial charge in [-0.1, -0.05) is 0 Å². The molecule has 2 heterocycles. The van der Waals surface area contributed by atoms with Gasteiger partial charge < -0.3 is 10.2 Å². The fourth-order valence-electron chi connectivity index (χ4n) is 2.76. The lowest BCUT2D eigenvalue weighted by molar-refractivity contribution is -0.152. The van der Waals surface area contributed by atoms with Crippen molar-refractivity contribution in [1.29, 1.82) is 0 Å². The van der Waals surface area contributed by atoms with Gasteiger partial charge in [-0.15, -0.1) is 0 Å². The molecule has 0 unspecified atom stereocenters. The van der Waals surface area contributed by atoms with E-state index in [2.05, 4.69) is 10.2 Å². The fraction of sp³-hybridized carbons (Fsp3) is 0.923. The molecule has 2 fully saturated rings. The monoisotopic (exact) mass is 308 g/mol. The summed E-state index contributed by atoms with van der Waals surface area (Å²) in [5.74, 6) is 0.0311. The van der Waals surface area contributed by atoms with Gasteiger partial charge in [-0.3, -0.25) is 14.6 Å². The van der Waals surface area contributed by atoms with E-state index >= 15 is 0 Å². The Bertz CT molecular complexity index is 335.